The molecule has 2 nitrogen and oxygen atoms in total. The highest BCUT2D eigenvalue weighted by molar-refractivity contribution is 5.97. The second kappa shape index (κ2) is 7.14. The summed E-state index contributed by atoms with van der Waals surface area (Å²) in [5, 5.41) is 0. The zero-order valence-electron chi connectivity index (χ0n) is 12.4. The lowest BCUT2D eigenvalue weighted by Gasteiger charge is -2.25. The topological polar surface area (TPSA) is 20.3 Å². The molecule has 0 saturated carbocycles. The van der Waals surface area contributed by atoms with Gasteiger partial charge in [-0.3, -0.25) is 9.69 Å². The molecule has 3 heteroatoms. The molecular weight excluding hydrogens is 265 g/mol. The Morgan fingerprint density at radius 2 is 1.81 bits per heavy atom. The fourth-order valence-electron chi connectivity index (χ4n) is 2.18. The first-order valence-electron chi connectivity index (χ1n) is 7.13. The van der Waals surface area contributed by atoms with Gasteiger partial charge < -0.3 is 0 Å². The molecule has 0 spiro atoms. The first-order valence-corrected chi connectivity index (χ1v) is 7.13. The standard InChI is InChI=1S/C18H20FNO/c1-14(2)20(12-15-7-4-3-5-8-15)13-18(21)16-9-6-10-17(19)11-16/h3-11,14H,12-13H2,1-2H3. The minimum absolute atomic E-state index is 0.0564. The number of carbonyl (C=O) groups is 1. The van der Waals surface area contributed by atoms with Crippen LogP contribution in [0.5, 0.6) is 0 Å². The van der Waals surface area contributed by atoms with Gasteiger partial charge >= 0.3 is 0 Å². The summed E-state index contributed by atoms with van der Waals surface area (Å²) in [5.41, 5.74) is 1.59. The normalized spacial score (nSPS) is 11.1. The van der Waals surface area contributed by atoms with Crippen molar-refractivity contribution in [3.05, 3.63) is 71.5 Å². The summed E-state index contributed by atoms with van der Waals surface area (Å²) in [5.74, 6) is -0.431. The van der Waals surface area contributed by atoms with Gasteiger partial charge in [0.05, 0.1) is 6.54 Å². The Balaban J connectivity index is 2.08. The molecule has 21 heavy (non-hydrogen) atoms. The van der Waals surface area contributed by atoms with Crippen molar-refractivity contribution in [3.63, 3.8) is 0 Å². The van der Waals surface area contributed by atoms with Crippen molar-refractivity contribution in [3.8, 4) is 0 Å². The van der Waals surface area contributed by atoms with Crippen LogP contribution >= 0.6 is 0 Å². The van der Waals surface area contributed by atoms with Crippen molar-refractivity contribution < 1.29 is 9.18 Å². The molecule has 0 saturated heterocycles. The minimum atomic E-state index is -0.375. The predicted molar refractivity (Wildman–Crippen MR) is 82.7 cm³/mol. The quantitative estimate of drug-likeness (QED) is 0.750. The second-order valence-corrected chi connectivity index (χ2v) is 5.42. The van der Waals surface area contributed by atoms with Crippen LogP contribution in [0.25, 0.3) is 0 Å². The largest absolute Gasteiger partial charge is 0.293 e. The van der Waals surface area contributed by atoms with Gasteiger partial charge in [0.2, 0.25) is 0 Å². The molecule has 110 valence electrons. The van der Waals surface area contributed by atoms with E-state index >= 15 is 0 Å². The van der Waals surface area contributed by atoms with E-state index in [4.69, 9.17) is 0 Å². The lowest BCUT2D eigenvalue weighted by Crippen LogP contribution is -2.35. The molecule has 2 aromatic carbocycles. The number of hydrogen-bond acceptors (Lipinski definition) is 2. The lowest BCUT2D eigenvalue weighted by atomic mass is 10.1. The summed E-state index contributed by atoms with van der Waals surface area (Å²) >= 11 is 0. The van der Waals surface area contributed by atoms with E-state index in [1.807, 2.05) is 30.3 Å². The van der Waals surface area contributed by atoms with Crippen molar-refractivity contribution >= 4 is 5.78 Å². The van der Waals surface area contributed by atoms with Gasteiger partial charge in [-0.2, -0.15) is 0 Å². The van der Waals surface area contributed by atoms with Crippen molar-refractivity contribution in [2.75, 3.05) is 6.54 Å². The van der Waals surface area contributed by atoms with Crippen LogP contribution in [0.1, 0.15) is 29.8 Å². The molecule has 0 unspecified atom stereocenters. The molecule has 0 atom stereocenters. The van der Waals surface area contributed by atoms with Crippen molar-refractivity contribution in [2.24, 2.45) is 0 Å². The summed E-state index contributed by atoms with van der Waals surface area (Å²) in [7, 11) is 0. The van der Waals surface area contributed by atoms with Crippen LogP contribution in [0.2, 0.25) is 0 Å². The fraction of sp³-hybridized carbons (Fsp3) is 0.278. The van der Waals surface area contributed by atoms with Gasteiger partial charge in [0.1, 0.15) is 5.82 Å². The molecule has 0 bridgehead atoms. The maximum atomic E-state index is 13.2. The first-order chi connectivity index (χ1) is 10.1. The highest BCUT2D eigenvalue weighted by Gasteiger charge is 2.16. The number of ketones is 1. The summed E-state index contributed by atoms with van der Waals surface area (Å²) in [4.78, 5) is 14.4. The van der Waals surface area contributed by atoms with Crippen LogP contribution in [-0.2, 0) is 6.54 Å². The zero-order valence-corrected chi connectivity index (χ0v) is 12.4. The molecule has 0 aromatic heterocycles. The summed E-state index contributed by atoms with van der Waals surface area (Å²) in [6, 6.07) is 16.1. The van der Waals surface area contributed by atoms with E-state index in [0.717, 1.165) is 0 Å². The summed E-state index contributed by atoms with van der Waals surface area (Å²) < 4.78 is 13.2. The lowest BCUT2D eigenvalue weighted by molar-refractivity contribution is 0.0897. The fourth-order valence-corrected chi connectivity index (χ4v) is 2.18. The Hall–Kier alpha value is -2.00. The van der Waals surface area contributed by atoms with E-state index in [-0.39, 0.29) is 24.2 Å². The Kier molecular flexibility index (Phi) is 5.23. The molecule has 2 aromatic rings. The predicted octanol–water partition coefficient (Wildman–Crippen LogP) is 3.92. The molecule has 0 amide bonds. The average molecular weight is 285 g/mol. The highest BCUT2D eigenvalue weighted by Crippen LogP contribution is 2.11. The maximum absolute atomic E-state index is 13.2. The van der Waals surface area contributed by atoms with Gasteiger partial charge in [0, 0.05) is 18.2 Å². The smallest absolute Gasteiger partial charge is 0.176 e. The molecule has 0 aliphatic carbocycles. The molecule has 0 heterocycles. The average Bonchev–Trinajstić information content (AvgIpc) is 2.47. The van der Waals surface area contributed by atoms with E-state index in [9.17, 15) is 9.18 Å². The molecule has 0 fully saturated rings. The first kappa shape index (κ1) is 15.4. The SMILES string of the molecule is CC(C)N(CC(=O)c1cccc(F)c1)Cc1ccccc1. The van der Waals surface area contributed by atoms with Gasteiger partial charge in [-0.1, -0.05) is 42.5 Å². The maximum Gasteiger partial charge on any atom is 0.176 e. The van der Waals surface area contributed by atoms with Crippen LogP contribution in [0, 0.1) is 5.82 Å². The number of halogens is 1. The number of Topliss-reactive ketones (excluding diaryl/α,β-unsaturated/α-hetero) is 1. The van der Waals surface area contributed by atoms with Crippen molar-refractivity contribution in [1.82, 2.24) is 4.90 Å². The monoisotopic (exact) mass is 285 g/mol. The number of carbonyl (C=O) groups excluding carboxylic acids is 1. The third-order valence-corrected chi connectivity index (χ3v) is 3.45. The van der Waals surface area contributed by atoms with Crippen LogP contribution in [0.3, 0.4) is 0 Å². The number of hydrogen-bond donors (Lipinski definition) is 0. The van der Waals surface area contributed by atoms with Crippen LogP contribution in [-0.4, -0.2) is 23.3 Å². The van der Waals surface area contributed by atoms with Crippen molar-refractivity contribution in [2.45, 2.75) is 26.4 Å². The van der Waals surface area contributed by atoms with Gasteiger partial charge in [-0.25, -0.2) is 4.39 Å². The highest BCUT2D eigenvalue weighted by atomic mass is 19.1. The molecule has 2 rings (SSSR count). The number of rotatable bonds is 6. The zero-order chi connectivity index (χ0) is 15.2. The summed E-state index contributed by atoms with van der Waals surface area (Å²) in [6.45, 7) is 5.11. The molecule has 0 radical (unpaired) electrons. The van der Waals surface area contributed by atoms with E-state index in [0.29, 0.717) is 12.1 Å². The Morgan fingerprint density at radius 1 is 1.10 bits per heavy atom. The van der Waals surface area contributed by atoms with Gasteiger partial charge in [0.25, 0.3) is 0 Å². The van der Waals surface area contributed by atoms with Crippen LogP contribution in [0.15, 0.2) is 54.6 Å². The summed E-state index contributed by atoms with van der Waals surface area (Å²) in [6.07, 6.45) is 0. The van der Waals surface area contributed by atoms with Gasteiger partial charge in [-0.15, -0.1) is 0 Å². The van der Waals surface area contributed by atoms with E-state index in [2.05, 4.69) is 18.7 Å². The van der Waals surface area contributed by atoms with Crippen LogP contribution < -0.4 is 0 Å². The molecular formula is C18H20FNO. The number of nitrogens with zero attached hydrogens (tertiary/aromatic N) is 1. The Morgan fingerprint density at radius 3 is 2.43 bits per heavy atom. The van der Waals surface area contributed by atoms with E-state index in [1.54, 1.807) is 12.1 Å². The van der Waals surface area contributed by atoms with Gasteiger partial charge in [-0.05, 0) is 31.5 Å². The Labute approximate surface area is 125 Å². The van der Waals surface area contributed by atoms with Crippen LogP contribution in [0.4, 0.5) is 4.39 Å². The second-order valence-electron chi connectivity index (χ2n) is 5.42. The minimum Gasteiger partial charge on any atom is -0.293 e. The Bertz CT molecular complexity index is 595. The van der Waals surface area contributed by atoms with E-state index in [1.165, 1.54) is 17.7 Å². The third-order valence-electron chi connectivity index (χ3n) is 3.45. The third kappa shape index (κ3) is 4.50. The molecule has 0 aliphatic heterocycles. The molecule has 0 N–H and O–H groups in total. The number of benzene rings is 2. The van der Waals surface area contributed by atoms with Gasteiger partial charge in [0.15, 0.2) is 5.78 Å². The molecule has 0 aliphatic rings. The van der Waals surface area contributed by atoms with Crippen molar-refractivity contribution in [1.29, 1.82) is 0 Å². The van der Waals surface area contributed by atoms with E-state index < -0.39 is 0 Å².